The summed E-state index contributed by atoms with van der Waals surface area (Å²) in [7, 11) is 0. The van der Waals surface area contributed by atoms with Crippen LogP contribution in [-0.4, -0.2) is 50.3 Å². The molecular weight excluding hydrogens is 236 g/mol. The van der Waals surface area contributed by atoms with Crippen LogP contribution in [0.15, 0.2) is 0 Å². The molecule has 0 aromatic heterocycles. The van der Waals surface area contributed by atoms with Gasteiger partial charge < -0.3 is 15.0 Å². The normalized spacial score (nSPS) is 37.1. The molecule has 2 aliphatic rings. The Morgan fingerprint density at radius 3 is 2.47 bits per heavy atom. The molecule has 3 heteroatoms. The Hall–Kier alpha value is -0.120. The lowest BCUT2D eigenvalue weighted by atomic mass is 9.84. The zero-order valence-corrected chi connectivity index (χ0v) is 13.2. The molecule has 3 nitrogen and oxygen atoms in total. The minimum Gasteiger partial charge on any atom is -0.381 e. The summed E-state index contributed by atoms with van der Waals surface area (Å²) < 4.78 is 5.72. The van der Waals surface area contributed by atoms with E-state index < -0.39 is 0 Å². The molecule has 2 heterocycles. The molecule has 0 saturated carbocycles. The Morgan fingerprint density at radius 2 is 1.95 bits per heavy atom. The third kappa shape index (κ3) is 4.44. The molecule has 3 atom stereocenters. The number of nitrogens with zero attached hydrogens (tertiary/aromatic N) is 1. The molecule has 112 valence electrons. The molecule has 2 rings (SSSR count). The average Bonchev–Trinajstić information content (AvgIpc) is 2.74. The van der Waals surface area contributed by atoms with Crippen molar-refractivity contribution >= 4 is 0 Å². The maximum absolute atomic E-state index is 5.72. The molecule has 0 amide bonds. The maximum Gasteiger partial charge on any atom is 0.0547 e. The number of likely N-dealkylation sites (tertiary alicyclic amines) is 1. The van der Waals surface area contributed by atoms with E-state index in [1.165, 1.54) is 32.5 Å². The summed E-state index contributed by atoms with van der Waals surface area (Å²) >= 11 is 0. The second-order valence-electron chi connectivity index (χ2n) is 7.48. The molecule has 0 radical (unpaired) electrons. The second kappa shape index (κ2) is 6.55. The van der Waals surface area contributed by atoms with E-state index >= 15 is 0 Å². The van der Waals surface area contributed by atoms with E-state index in [1.54, 1.807) is 0 Å². The number of piperidine rings is 1. The van der Waals surface area contributed by atoms with Gasteiger partial charge in [0.2, 0.25) is 0 Å². The van der Waals surface area contributed by atoms with Crippen molar-refractivity contribution in [1.29, 1.82) is 0 Å². The van der Waals surface area contributed by atoms with E-state index in [1.807, 2.05) is 0 Å². The van der Waals surface area contributed by atoms with Gasteiger partial charge >= 0.3 is 0 Å². The Kier molecular flexibility index (Phi) is 5.27. The Labute approximate surface area is 119 Å². The Balaban J connectivity index is 1.92. The number of ether oxygens (including phenoxy) is 1. The summed E-state index contributed by atoms with van der Waals surface area (Å²) in [6.45, 7) is 16.0. The minimum atomic E-state index is 0.348. The lowest BCUT2D eigenvalue weighted by Crippen LogP contribution is -2.49. The number of hydrogen-bond donors (Lipinski definition) is 1. The maximum atomic E-state index is 5.72. The van der Waals surface area contributed by atoms with Gasteiger partial charge in [0, 0.05) is 44.2 Å². The first-order valence-corrected chi connectivity index (χ1v) is 8.02. The van der Waals surface area contributed by atoms with Crippen molar-refractivity contribution in [3.05, 3.63) is 0 Å². The lowest BCUT2D eigenvalue weighted by Gasteiger charge is -2.40. The SMILES string of the molecule is CC1CC(C)CN(CC2(CNC(C)C)CCOC2)C1. The van der Waals surface area contributed by atoms with Crippen LogP contribution in [0.4, 0.5) is 0 Å². The van der Waals surface area contributed by atoms with Gasteiger partial charge in [-0.05, 0) is 24.7 Å². The molecule has 1 N–H and O–H groups in total. The van der Waals surface area contributed by atoms with E-state index in [4.69, 9.17) is 4.74 Å². The summed E-state index contributed by atoms with van der Waals surface area (Å²) in [6, 6.07) is 0.566. The first-order chi connectivity index (χ1) is 8.99. The molecule has 0 aliphatic carbocycles. The summed E-state index contributed by atoms with van der Waals surface area (Å²) in [5.74, 6) is 1.70. The fourth-order valence-corrected chi connectivity index (χ4v) is 3.79. The van der Waals surface area contributed by atoms with Crippen molar-refractivity contribution in [3.63, 3.8) is 0 Å². The van der Waals surface area contributed by atoms with Crippen LogP contribution >= 0.6 is 0 Å². The van der Waals surface area contributed by atoms with E-state index in [0.29, 0.717) is 11.5 Å². The van der Waals surface area contributed by atoms with Crippen LogP contribution in [0.25, 0.3) is 0 Å². The van der Waals surface area contributed by atoms with Crippen molar-refractivity contribution in [1.82, 2.24) is 10.2 Å². The van der Waals surface area contributed by atoms with E-state index in [0.717, 1.165) is 31.6 Å². The standard InChI is InChI=1S/C16H32N2O/c1-13(2)17-10-16(5-6-19-12-16)11-18-8-14(3)7-15(4)9-18/h13-15,17H,5-12H2,1-4H3. The van der Waals surface area contributed by atoms with Crippen molar-refractivity contribution in [2.24, 2.45) is 17.3 Å². The van der Waals surface area contributed by atoms with Crippen LogP contribution in [0, 0.1) is 17.3 Å². The third-order valence-corrected chi connectivity index (χ3v) is 4.57. The average molecular weight is 268 g/mol. The third-order valence-electron chi connectivity index (χ3n) is 4.57. The van der Waals surface area contributed by atoms with E-state index in [-0.39, 0.29) is 0 Å². The molecule has 19 heavy (non-hydrogen) atoms. The zero-order valence-electron chi connectivity index (χ0n) is 13.2. The number of rotatable bonds is 5. The van der Waals surface area contributed by atoms with Crippen molar-refractivity contribution < 1.29 is 4.74 Å². The van der Waals surface area contributed by atoms with Gasteiger partial charge in [-0.25, -0.2) is 0 Å². The molecular formula is C16H32N2O. The van der Waals surface area contributed by atoms with Gasteiger partial charge in [-0.3, -0.25) is 0 Å². The molecule has 0 spiro atoms. The fraction of sp³-hybridized carbons (Fsp3) is 1.00. The summed E-state index contributed by atoms with van der Waals surface area (Å²) in [6.07, 6.45) is 2.61. The topological polar surface area (TPSA) is 24.5 Å². The summed E-state index contributed by atoms with van der Waals surface area (Å²) in [5, 5.41) is 3.63. The van der Waals surface area contributed by atoms with Gasteiger partial charge in [0.15, 0.2) is 0 Å². The molecule has 0 aromatic rings. The first kappa shape index (κ1) is 15.3. The van der Waals surface area contributed by atoms with Crippen molar-refractivity contribution in [3.8, 4) is 0 Å². The molecule has 2 saturated heterocycles. The van der Waals surface area contributed by atoms with Crippen LogP contribution in [0.1, 0.15) is 40.5 Å². The van der Waals surface area contributed by atoms with Crippen LogP contribution in [-0.2, 0) is 4.74 Å². The Bertz CT molecular complexity index is 264. The Morgan fingerprint density at radius 1 is 1.26 bits per heavy atom. The predicted octanol–water partition coefficient (Wildman–Crippen LogP) is 2.37. The summed E-state index contributed by atoms with van der Waals surface area (Å²) in [5.41, 5.74) is 0.348. The van der Waals surface area contributed by atoms with Gasteiger partial charge in [0.05, 0.1) is 6.61 Å². The smallest absolute Gasteiger partial charge is 0.0547 e. The van der Waals surface area contributed by atoms with Crippen LogP contribution in [0.3, 0.4) is 0 Å². The number of hydrogen-bond acceptors (Lipinski definition) is 3. The van der Waals surface area contributed by atoms with E-state index in [9.17, 15) is 0 Å². The van der Waals surface area contributed by atoms with Crippen LogP contribution in [0.2, 0.25) is 0 Å². The van der Waals surface area contributed by atoms with Crippen LogP contribution < -0.4 is 5.32 Å². The zero-order chi connectivity index (χ0) is 13.9. The van der Waals surface area contributed by atoms with Gasteiger partial charge in [0.25, 0.3) is 0 Å². The summed E-state index contributed by atoms with van der Waals surface area (Å²) in [4.78, 5) is 2.69. The van der Waals surface area contributed by atoms with Gasteiger partial charge in [-0.2, -0.15) is 0 Å². The fourth-order valence-electron chi connectivity index (χ4n) is 3.79. The lowest BCUT2D eigenvalue weighted by molar-refractivity contribution is 0.0674. The van der Waals surface area contributed by atoms with Crippen molar-refractivity contribution in [2.45, 2.75) is 46.6 Å². The molecule has 3 unspecified atom stereocenters. The monoisotopic (exact) mass is 268 g/mol. The molecule has 2 fully saturated rings. The van der Waals surface area contributed by atoms with Crippen molar-refractivity contribution in [2.75, 3.05) is 39.4 Å². The van der Waals surface area contributed by atoms with E-state index in [2.05, 4.69) is 37.9 Å². The first-order valence-electron chi connectivity index (χ1n) is 8.02. The quantitative estimate of drug-likeness (QED) is 0.828. The predicted molar refractivity (Wildman–Crippen MR) is 80.4 cm³/mol. The highest BCUT2D eigenvalue weighted by Gasteiger charge is 2.37. The number of nitrogens with one attached hydrogen (secondary N) is 1. The minimum absolute atomic E-state index is 0.348. The highest BCUT2D eigenvalue weighted by atomic mass is 16.5. The highest BCUT2D eigenvalue weighted by molar-refractivity contribution is 4.90. The largest absolute Gasteiger partial charge is 0.381 e. The molecule has 2 aliphatic heterocycles. The van der Waals surface area contributed by atoms with Gasteiger partial charge in [-0.1, -0.05) is 27.7 Å². The molecule has 0 bridgehead atoms. The molecule has 0 aromatic carbocycles. The van der Waals surface area contributed by atoms with Gasteiger partial charge in [0.1, 0.15) is 0 Å². The second-order valence-corrected chi connectivity index (χ2v) is 7.48. The van der Waals surface area contributed by atoms with Crippen LogP contribution in [0.5, 0.6) is 0 Å². The van der Waals surface area contributed by atoms with Gasteiger partial charge in [-0.15, -0.1) is 0 Å². The highest BCUT2D eigenvalue weighted by Crippen LogP contribution is 2.31.